The molecule has 0 saturated heterocycles. The van der Waals surface area contributed by atoms with Crippen molar-refractivity contribution in [2.45, 2.75) is 11.6 Å². The quantitative estimate of drug-likeness (QED) is 0.850. The standard InChI is InChI=1S/C13H15N3O3S/c1-16(2)11(18)7-8-20-13-15-14-12(19-13)9-3-5-10(17)6-4-9/h3-6,17H,7-8H2,1-2H3. The second-order valence-corrected chi connectivity index (χ2v) is 5.35. The van der Waals surface area contributed by atoms with Crippen LogP contribution >= 0.6 is 11.8 Å². The first-order chi connectivity index (χ1) is 9.56. The van der Waals surface area contributed by atoms with E-state index < -0.39 is 0 Å². The summed E-state index contributed by atoms with van der Waals surface area (Å²) in [6.45, 7) is 0. The number of phenolic OH excluding ortho intramolecular Hbond substituents is 1. The molecule has 0 fully saturated rings. The van der Waals surface area contributed by atoms with E-state index in [1.807, 2.05) is 0 Å². The van der Waals surface area contributed by atoms with Gasteiger partial charge in [-0.15, -0.1) is 10.2 Å². The van der Waals surface area contributed by atoms with Crippen LogP contribution in [0.2, 0.25) is 0 Å². The molecule has 6 nitrogen and oxygen atoms in total. The maximum atomic E-state index is 11.4. The third-order valence-electron chi connectivity index (χ3n) is 2.56. The van der Waals surface area contributed by atoms with Gasteiger partial charge in [0.15, 0.2) is 0 Å². The number of aromatic hydroxyl groups is 1. The Kier molecular flexibility index (Phi) is 4.62. The van der Waals surface area contributed by atoms with E-state index in [0.717, 1.165) is 5.56 Å². The molecule has 0 aliphatic rings. The van der Waals surface area contributed by atoms with Crippen molar-refractivity contribution in [1.29, 1.82) is 0 Å². The largest absolute Gasteiger partial charge is 0.508 e. The number of benzene rings is 1. The van der Waals surface area contributed by atoms with E-state index in [4.69, 9.17) is 4.42 Å². The van der Waals surface area contributed by atoms with Gasteiger partial charge in [0.05, 0.1) is 0 Å². The third kappa shape index (κ3) is 3.74. The van der Waals surface area contributed by atoms with Crippen molar-refractivity contribution in [1.82, 2.24) is 15.1 Å². The van der Waals surface area contributed by atoms with Crippen LogP contribution < -0.4 is 0 Å². The molecule has 20 heavy (non-hydrogen) atoms. The topological polar surface area (TPSA) is 79.5 Å². The zero-order chi connectivity index (χ0) is 14.5. The molecule has 2 rings (SSSR count). The summed E-state index contributed by atoms with van der Waals surface area (Å²) >= 11 is 1.35. The van der Waals surface area contributed by atoms with Crippen LogP contribution in [0.4, 0.5) is 0 Å². The Morgan fingerprint density at radius 1 is 1.30 bits per heavy atom. The molecule has 1 aromatic carbocycles. The molecule has 1 N–H and O–H groups in total. The van der Waals surface area contributed by atoms with Gasteiger partial charge in [-0.1, -0.05) is 11.8 Å². The summed E-state index contributed by atoms with van der Waals surface area (Å²) < 4.78 is 5.49. The first-order valence-electron chi connectivity index (χ1n) is 6.02. The van der Waals surface area contributed by atoms with Crippen LogP contribution in [0.1, 0.15) is 6.42 Å². The third-order valence-corrected chi connectivity index (χ3v) is 3.38. The monoisotopic (exact) mass is 293 g/mol. The fourth-order valence-corrected chi connectivity index (χ4v) is 2.13. The van der Waals surface area contributed by atoms with Crippen LogP contribution in [0, 0.1) is 0 Å². The van der Waals surface area contributed by atoms with Crippen LogP contribution in [0.5, 0.6) is 5.75 Å². The van der Waals surface area contributed by atoms with Gasteiger partial charge in [-0.3, -0.25) is 4.79 Å². The Labute approximate surface area is 120 Å². The lowest BCUT2D eigenvalue weighted by atomic mass is 10.2. The second-order valence-electron chi connectivity index (χ2n) is 4.31. The van der Waals surface area contributed by atoms with Crippen molar-refractivity contribution in [3.05, 3.63) is 24.3 Å². The van der Waals surface area contributed by atoms with Crippen molar-refractivity contribution >= 4 is 17.7 Å². The van der Waals surface area contributed by atoms with Gasteiger partial charge in [-0.25, -0.2) is 0 Å². The lowest BCUT2D eigenvalue weighted by Crippen LogP contribution is -2.21. The molecule has 0 aliphatic carbocycles. The summed E-state index contributed by atoms with van der Waals surface area (Å²) in [5.41, 5.74) is 0.742. The average Bonchev–Trinajstić information content (AvgIpc) is 2.88. The molecule has 0 saturated carbocycles. The number of hydrogen-bond acceptors (Lipinski definition) is 6. The lowest BCUT2D eigenvalue weighted by Gasteiger charge is -2.08. The van der Waals surface area contributed by atoms with E-state index in [0.29, 0.717) is 23.3 Å². The minimum absolute atomic E-state index is 0.0655. The Hall–Kier alpha value is -2.02. The predicted octanol–water partition coefficient (Wildman–Crippen LogP) is 2.01. The highest BCUT2D eigenvalue weighted by Gasteiger charge is 2.10. The normalized spacial score (nSPS) is 10.5. The highest BCUT2D eigenvalue weighted by molar-refractivity contribution is 7.99. The Morgan fingerprint density at radius 2 is 2.00 bits per heavy atom. The Bertz CT molecular complexity index is 581. The fraction of sp³-hybridized carbons (Fsp3) is 0.308. The Balaban J connectivity index is 1.92. The van der Waals surface area contributed by atoms with Gasteiger partial charge in [-0.2, -0.15) is 0 Å². The van der Waals surface area contributed by atoms with Crippen LogP contribution in [-0.2, 0) is 4.79 Å². The fourth-order valence-electron chi connectivity index (χ4n) is 1.44. The van der Waals surface area contributed by atoms with Crippen LogP contribution in [-0.4, -0.2) is 46.0 Å². The number of thioether (sulfide) groups is 1. The van der Waals surface area contributed by atoms with Crippen molar-refractivity contribution in [3.63, 3.8) is 0 Å². The average molecular weight is 293 g/mol. The van der Waals surface area contributed by atoms with E-state index in [1.54, 1.807) is 43.3 Å². The summed E-state index contributed by atoms with van der Waals surface area (Å²) in [5, 5.41) is 17.5. The molecule has 0 radical (unpaired) electrons. The molecule has 0 bridgehead atoms. The van der Waals surface area contributed by atoms with Crippen LogP contribution in [0.25, 0.3) is 11.5 Å². The zero-order valence-corrected chi connectivity index (χ0v) is 12.1. The van der Waals surface area contributed by atoms with Crippen LogP contribution in [0.3, 0.4) is 0 Å². The molecule has 7 heteroatoms. The van der Waals surface area contributed by atoms with E-state index in [1.165, 1.54) is 11.8 Å². The number of phenols is 1. The van der Waals surface area contributed by atoms with Gasteiger partial charge >= 0.3 is 0 Å². The molecule has 2 aromatic rings. The van der Waals surface area contributed by atoms with Gasteiger partial charge in [-0.05, 0) is 24.3 Å². The number of carbonyl (C=O) groups excluding carboxylic acids is 1. The number of rotatable bonds is 5. The molecular weight excluding hydrogens is 278 g/mol. The minimum Gasteiger partial charge on any atom is -0.508 e. The summed E-state index contributed by atoms with van der Waals surface area (Å²) in [4.78, 5) is 13.0. The molecule has 1 heterocycles. The van der Waals surface area contributed by atoms with E-state index >= 15 is 0 Å². The highest BCUT2D eigenvalue weighted by Crippen LogP contribution is 2.24. The summed E-state index contributed by atoms with van der Waals surface area (Å²) in [6, 6.07) is 6.52. The van der Waals surface area contributed by atoms with Crippen molar-refractivity contribution < 1.29 is 14.3 Å². The van der Waals surface area contributed by atoms with Crippen molar-refractivity contribution in [3.8, 4) is 17.2 Å². The van der Waals surface area contributed by atoms with Gasteiger partial charge in [0.1, 0.15) is 5.75 Å². The number of hydrogen-bond donors (Lipinski definition) is 1. The van der Waals surface area contributed by atoms with E-state index in [-0.39, 0.29) is 11.7 Å². The lowest BCUT2D eigenvalue weighted by molar-refractivity contribution is -0.128. The maximum absolute atomic E-state index is 11.4. The minimum atomic E-state index is 0.0655. The first-order valence-corrected chi connectivity index (χ1v) is 7.00. The van der Waals surface area contributed by atoms with E-state index in [2.05, 4.69) is 10.2 Å². The molecule has 1 amide bonds. The number of amides is 1. The van der Waals surface area contributed by atoms with Gasteiger partial charge in [0.25, 0.3) is 5.22 Å². The molecule has 0 unspecified atom stereocenters. The maximum Gasteiger partial charge on any atom is 0.276 e. The van der Waals surface area contributed by atoms with Gasteiger partial charge in [0, 0.05) is 31.8 Å². The SMILES string of the molecule is CN(C)C(=O)CCSc1nnc(-c2ccc(O)cc2)o1. The van der Waals surface area contributed by atoms with E-state index in [9.17, 15) is 9.90 Å². The molecule has 106 valence electrons. The molecule has 0 atom stereocenters. The molecule has 0 spiro atoms. The number of nitrogens with zero attached hydrogens (tertiary/aromatic N) is 3. The molecular formula is C13H15N3O3S. The molecule has 0 aliphatic heterocycles. The first kappa shape index (κ1) is 14.4. The number of carbonyl (C=O) groups is 1. The zero-order valence-electron chi connectivity index (χ0n) is 11.2. The predicted molar refractivity (Wildman–Crippen MR) is 75.4 cm³/mol. The van der Waals surface area contributed by atoms with Crippen molar-refractivity contribution in [2.24, 2.45) is 0 Å². The summed E-state index contributed by atoms with van der Waals surface area (Å²) in [7, 11) is 3.45. The van der Waals surface area contributed by atoms with Gasteiger partial charge in [0.2, 0.25) is 11.8 Å². The summed E-state index contributed by atoms with van der Waals surface area (Å²) in [5.74, 6) is 1.24. The smallest absolute Gasteiger partial charge is 0.276 e. The van der Waals surface area contributed by atoms with Crippen molar-refractivity contribution in [2.75, 3.05) is 19.8 Å². The summed E-state index contributed by atoms with van der Waals surface area (Å²) in [6.07, 6.45) is 0.425. The number of aromatic nitrogens is 2. The Morgan fingerprint density at radius 3 is 2.65 bits per heavy atom. The highest BCUT2D eigenvalue weighted by atomic mass is 32.2. The van der Waals surface area contributed by atoms with Gasteiger partial charge < -0.3 is 14.4 Å². The van der Waals surface area contributed by atoms with Crippen LogP contribution in [0.15, 0.2) is 33.9 Å². The molecule has 1 aromatic heterocycles. The second kappa shape index (κ2) is 6.42.